The lowest BCUT2D eigenvalue weighted by molar-refractivity contribution is -0.120. The van der Waals surface area contributed by atoms with Crippen LogP contribution in [0.5, 0.6) is 0 Å². The Kier molecular flexibility index (Phi) is 2.89. The summed E-state index contributed by atoms with van der Waals surface area (Å²) in [4.78, 5) is 10.7. The average Bonchev–Trinajstić information content (AvgIpc) is 2.47. The predicted molar refractivity (Wildman–Crippen MR) is 50.1 cm³/mol. The summed E-state index contributed by atoms with van der Waals surface area (Å²) < 4.78 is 1.69. The van der Waals surface area contributed by atoms with E-state index in [2.05, 4.69) is 10.4 Å². The highest BCUT2D eigenvalue weighted by atomic mass is 16.1. The summed E-state index contributed by atoms with van der Waals surface area (Å²) in [5.74, 6) is -0.461. The number of rotatable bonds is 4. The molecule has 0 aromatic carbocycles. The van der Waals surface area contributed by atoms with Gasteiger partial charge in [-0.3, -0.25) is 9.48 Å². The fraction of sp³-hybridized carbons (Fsp3) is 0.500. The fourth-order valence-corrected chi connectivity index (χ4v) is 0.884. The topological polar surface area (TPSA) is 72.9 Å². The Morgan fingerprint density at radius 1 is 1.85 bits per heavy atom. The lowest BCUT2D eigenvalue weighted by Crippen LogP contribution is -2.26. The zero-order chi connectivity index (χ0) is 9.84. The van der Waals surface area contributed by atoms with Crippen LogP contribution in [0.1, 0.15) is 6.92 Å². The van der Waals surface area contributed by atoms with Crippen LogP contribution in [-0.4, -0.2) is 22.2 Å². The summed E-state index contributed by atoms with van der Waals surface area (Å²) in [7, 11) is 1.84. The maximum Gasteiger partial charge on any atom is 0.222 e. The Morgan fingerprint density at radius 3 is 3.00 bits per heavy atom. The summed E-state index contributed by atoms with van der Waals surface area (Å²) in [6, 6.07) is 0. The van der Waals surface area contributed by atoms with Crippen molar-refractivity contribution < 1.29 is 4.79 Å². The highest BCUT2D eigenvalue weighted by Crippen LogP contribution is 2.04. The van der Waals surface area contributed by atoms with Gasteiger partial charge in [-0.2, -0.15) is 5.10 Å². The zero-order valence-electron chi connectivity index (χ0n) is 7.82. The third-order valence-corrected chi connectivity index (χ3v) is 1.80. The van der Waals surface area contributed by atoms with Crippen LogP contribution < -0.4 is 11.1 Å². The molecule has 0 saturated carbocycles. The first-order chi connectivity index (χ1) is 6.09. The van der Waals surface area contributed by atoms with Gasteiger partial charge in [0.15, 0.2) is 0 Å². The number of anilines is 1. The summed E-state index contributed by atoms with van der Waals surface area (Å²) in [6.07, 6.45) is 3.54. The quantitative estimate of drug-likeness (QED) is 0.686. The van der Waals surface area contributed by atoms with E-state index < -0.39 is 0 Å². The summed E-state index contributed by atoms with van der Waals surface area (Å²) in [5, 5.41) is 7.04. The van der Waals surface area contributed by atoms with E-state index in [0.717, 1.165) is 5.69 Å². The van der Waals surface area contributed by atoms with Crippen LogP contribution in [0.2, 0.25) is 0 Å². The molecule has 0 bridgehead atoms. The number of nitrogens with two attached hydrogens (primary N) is 1. The van der Waals surface area contributed by atoms with Crippen LogP contribution in [0.15, 0.2) is 12.4 Å². The molecule has 1 aromatic rings. The lowest BCUT2D eigenvalue weighted by Gasteiger charge is -2.07. The molecule has 0 aliphatic rings. The van der Waals surface area contributed by atoms with Crippen molar-refractivity contribution in [2.75, 3.05) is 11.9 Å². The Bertz CT molecular complexity index is 294. The molecule has 1 aromatic heterocycles. The number of carbonyl (C=O) groups excluding carboxylic acids is 1. The van der Waals surface area contributed by atoms with Gasteiger partial charge in [-0.15, -0.1) is 0 Å². The van der Waals surface area contributed by atoms with Gasteiger partial charge >= 0.3 is 0 Å². The Morgan fingerprint density at radius 2 is 2.54 bits per heavy atom. The Labute approximate surface area is 76.9 Å². The SMILES string of the molecule is CC(CNc1cnn(C)c1)C(N)=O. The minimum absolute atomic E-state index is 0.166. The molecule has 0 spiro atoms. The molecule has 3 N–H and O–H groups in total. The van der Waals surface area contributed by atoms with E-state index in [1.807, 2.05) is 13.2 Å². The van der Waals surface area contributed by atoms with Crippen LogP contribution in [0, 0.1) is 5.92 Å². The van der Waals surface area contributed by atoms with Crippen molar-refractivity contribution in [1.29, 1.82) is 0 Å². The van der Waals surface area contributed by atoms with E-state index in [0.29, 0.717) is 6.54 Å². The van der Waals surface area contributed by atoms with Gasteiger partial charge in [0.25, 0.3) is 0 Å². The monoisotopic (exact) mass is 182 g/mol. The molecule has 0 fully saturated rings. The average molecular weight is 182 g/mol. The molecule has 1 atom stereocenters. The highest BCUT2D eigenvalue weighted by molar-refractivity contribution is 5.76. The van der Waals surface area contributed by atoms with Crippen molar-refractivity contribution in [1.82, 2.24) is 9.78 Å². The van der Waals surface area contributed by atoms with E-state index in [-0.39, 0.29) is 11.8 Å². The second-order valence-electron chi connectivity index (χ2n) is 3.09. The zero-order valence-corrected chi connectivity index (χ0v) is 7.82. The molecule has 1 unspecified atom stereocenters. The van der Waals surface area contributed by atoms with Crippen molar-refractivity contribution in [3.05, 3.63) is 12.4 Å². The minimum Gasteiger partial charge on any atom is -0.382 e. The summed E-state index contributed by atoms with van der Waals surface area (Å²) >= 11 is 0. The first kappa shape index (κ1) is 9.57. The fourth-order valence-electron chi connectivity index (χ4n) is 0.884. The van der Waals surface area contributed by atoms with Gasteiger partial charge in [0.05, 0.1) is 17.8 Å². The van der Waals surface area contributed by atoms with Crippen LogP contribution in [0.4, 0.5) is 5.69 Å². The number of nitrogens with one attached hydrogen (secondary N) is 1. The first-order valence-electron chi connectivity index (χ1n) is 4.11. The second-order valence-corrected chi connectivity index (χ2v) is 3.09. The Balaban J connectivity index is 2.39. The van der Waals surface area contributed by atoms with E-state index in [1.54, 1.807) is 17.8 Å². The van der Waals surface area contributed by atoms with E-state index in [4.69, 9.17) is 5.73 Å². The molecule has 0 aliphatic carbocycles. The van der Waals surface area contributed by atoms with Crippen LogP contribution in [-0.2, 0) is 11.8 Å². The largest absolute Gasteiger partial charge is 0.382 e. The molecule has 13 heavy (non-hydrogen) atoms. The van der Waals surface area contributed by atoms with Crippen LogP contribution in [0.25, 0.3) is 0 Å². The summed E-state index contributed by atoms with van der Waals surface area (Å²) in [5.41, 5.74) is 6.00. The third-order valence-electron chi connectivity index (χ3n) is 1.80. The molecule has 0 aliphatic heterocycles. The molecule has 72 valence electrons. The smallest absolute Gasteiger partial charge is 0.222 e. The Hall–Kier alpha value is -1.52. The van der Waals surface area contributed by atoms with E-state index in [1.165, 1.54) is 0 Å². The van der Waals surface area contributed by atoms with Gasteiger partial charge in [0.1, 0.15) is 0 Å². The number of hydrogen-bond donors (Lipinski definition) is 2. The van der Waals surface area contributed by atoms with Crippen LogP contribution in [0.3, 0.4) is 0 Å². The molecule has 1 rings (SSSR count). The van der Waals surface area contributed by atoms with Crippen molar-refractivity contribution in [3.8, 4) is 0 Å². The van der Waals surface area contributed by atoms with Crippen molar-refractivity contribution in [2.45, 2.75) is 6.92 Å². The molecular weight excluding hydrogens is 168 g/mol. The minimum atomic E-state index is -0.295. The van der Waals surface area contributed by atoms with Gasteiger partial charge in [-0.1, -0.05) is 6.92 Å². The van der Waals surface area contributed by atoms with Crippen molar-refractivity contribution in [2.24, 2.45) is 18.7 Å². The lowest BCUT2D eigenvalue weighted by atomic mass is 10.2. The predicted octanol–water partition coefficient (Wildman–Crippen LogP) is -0.0466. The van der Waals surface area contributed by atoms with Crippen LogP contribution >= 0.6 is 0 Å². The molecule has 5 nitrogen and oxygen atoms in total. The number of primary amides is 1. The molecule has 0 radical (unpaired) electrons. The van der Waals surface area contributed by atoms with Gasteiger partial charge in [0, 0.05) is 19.8 Å². The number of hydrogen-bond acceptors (Lipinski definition) is 3. The molecule has 1 heterocycles. The van der Waals surface area contributed by atoms with E-state index >= 15 is 0 Å². The summed E-state index contributed by atoms with van der Waals surface area (Å²) in [6.45, 7) is 2.33. The number of carbonyl (C=O) groups is 1. The van der Waals surface area contributed by atoms with Crippen molar-refractivity contribution >= 4 is 11.6 Å². The first-order valence-corrected chi connectivity index (χ1v) is 4.11. The highest BCUT2D eigenvalue weighted by Gasteiger charge is 2.07. The maximum atomic E-state index is 10.7. The van der Waals surface area contributed by atoms with Crippen molar-refractivity contribution in [3.63, 3.8) is 0 Å². The molecule has 5 heteroatoms. The van der Waals surface area contributed by atoms with Gasteiger partial charge in [0.2, 0.25) is 5.91 Å². The molecular formula is C8H14N4O. The number of aromatic nitrogens is 2. The van der Waals surface area contributed by atoms with Gasteiger partial charge in [-0.05, 0) is 0 Å². The second kappa shape index (κ2) is 3.93. The van der Waals surface area contributed by atoms with Gasteiger partial charge in [-0.25, -0.2) is 0 Å². The number of nitrogens with zero attached hydrogens (tertiary/aromatic N) is 2. The molecule has 1 amide bonds. The standard InChI is InChI=1S/C8H14N4O/c1-6(8(9)13)3-10-7-4-11-12(2)5-7/h4-6,10H,3H2,1-2H3,(H2,9,13). The third kappa shape index (κ3) is 2.77. The van der Waals surface area contributed by atoms with Gasteiger partial charge < -0.3 is 11.1 Å². The molecule has 0 saturated heterocycles. The normalized spacial score (nSPS) is 12.5. The van der Waals surface area contributed by atoms with E-state index in [9.17, 15) is 4.79 Å². The number of aryl methyl sites for hydroxylation is 1. The maximum absolute atomic E-state index is 10.7. The number of amides is 1.